The lowest BCUT2D eigenvalue weighted by atomic mass is 9.96. The Labute approximate surface area is 151 Å². The van der Waals surface area contributed by atoms with Crippen LogP contribution in [0.2, 0.25) is 0 Å². The molecule has 1 aliphatic carbocycles. The van der Waals surface area contributed by atoms with Crippen LogP contribution in [0.3, 0.4) is 0 Å². The van der Waals surface area contributed by atoms with Crippen molar-refractivity contribution in [3.63, 3.8) is 0 Å². The first-order chi connectivity index (χ1) is 12.2. The molecule has 1 fully saturated rings. The van der Waals surface area contributed by atoms with Crippen LogP contribution in [-0.2, 0) is 4.74 Å². The van der Waals surface area contributed by atoms with Crippen LogP contribution >= 0.6 is 11.8 Å². The van der Waals surface area contributed by atoms with E-state index in [9.17, 15) is 5.11 Å². The van der Waals surface area contributed by atoms with Crippen molar-refractivity contribution >= 4 is 22.8 Å². The zero-order valence-corrected chi connectivity index (χ0v) is 14.9. The quantitative estimate of drug-likeness (QED) is 0.683. The molecule has 25 heavy (non-hydrogen) atoms. The van der Waals surface area contributed by atoms with Crippen molar-refractivity contribution < 1.29 is 9.84 Å². The third kappa shape index (κ3) is 3.42. The molecule has 0 aliphatic heterocycles. The predicted molar refractivity (Wildman–Crippen MR) is 99.2 cm³/mol. The standard InChI is InChI=1S/C19H21N3O2S/c1-25-17-7-2-4-15(9-17)22-19-14(11-21-22)8-13(10-20-19)18(23)12-24-16-5-3-6-16/h2,4,7-11,16,18,23H,3,5-6,12H2,1H3/t18-/m1/s1. The van der Waals surface area contributed by atoms with Gasteiger partial charge in [-0.05, 0) is 49.8 Å². The van der Waals surface area contributed by atoms with E-state index in [1.807, 2.05) is 22.9 Å². The smallest absolute Gasteiger partial charge is 0.162 e. The fourth-order valence-electron chi connectivity index (χ4n) is 2.91. The molecule has 4 rings (SSSR count). The van der Waals surface area contributed by atoms with E-state index in [1.54, 1.807) is 24.2 Å². The maximum Gasteiger partial charge on any atom is 0.162 e. The molecule has 1 aliphatic rings. The largest absolute Gasteiger partial charge is 0.386 e. The van der Waals surface area contributed by atoms with Gasteiger partial charge in [-0.2, -0.15) is 5.10 Å². The Morgan fingerprint density at radius 2 is 2.20 bits per heavy atom. The van der Waals surface area contributed by atoms with Crippen LogP contribution in [0.25, 0.3) is 16.7 Å². The van der Waals surface area contributed by atoms with E-state index in [-0.39, 0.29) is 0 Å². The minimum atomic E-state index is -0.652. The van der Waals surface area contributed by atoms with E-state index < -0.39 is 6.10 Å². The van der Waals surface area contributed by atoms with Gasteiger partial charge in [0.1, 0.15) is 6.10 Å². The van der Waals surface area contributed by atoms with E-state index in [0.29, 0.717) is 12.7 Å². The van der Waals surface area contributed by atoms with Crippen LogP contribution in [0.15, 0.2) is 47.6 Å². The molecule has 0 radical (unpaired) electrons. The number of pyridine rings is 1. The summed E-state index contributed by atoms with van der Waals surface area (Å²) in [6.07, 6.45) is 8.66. The van der Waals surface area contributed by atoms with Gasteiger partial charge in [-0.15, -0.1) is 11.8 Å². The molecular weight excluding hydrogens is 334 g/mol. The molecule has 1 atom stereocenters. The zero-order valence-electron chi connectivity index (χ0n) is 14.1. The molecule has 0 saturated heterocycles. The first kappa shape index (κ1) is 16.6. The van der Waals surface area contributed by atoms with Gasteiger partial charge < -0.3 is 9.84 Å². The average Bonchev–Trinajstić information content (AvgIpc) is 3.03. The van der Waals surface area contributed by atoms with Crippen LogP contribution < -0.4 is 0 Å². The summed E-state index contributed by atoms with van der Waals surface area (Å²) in [6, 6.07) is 10.1. The summed E-state index contributed by atoms with van der Waals surface area (Å²) >= 11 is 1.70. The monoisotopic (exact) mass is 355 g/mol. The van der Waals surface area contributed by atoms with Gasteiger partial charge in [0.2, 0.25) is 0 Å². The summed E-state index contributed by atoms with van der Waals surface area (Å²) in [5.74, 6) is 0. The van der Waals surface area contributed by atoms with E-state index in [2.05, 4.69) is 28.5 Å². The van der Waals surface area contributed by atoms with Gasteiger partial charge in [0.05, 0.1) is 24.6 Å². The van der Waals surface area contributed by atoms with Gasteiger partial charge >= 0.3 is 0 Å². The number of aliphatic hydroxyl groups excluding tert-OH is 1. The van der Waals surface area contributed by atoms with Crippen molar-refractivity contribution in [1.82, 2.24) is 14.8 Å². The highest BCUT2D eigenvalue weighted by molar-refractivity contribution is 7.98. The normalized spacial score (nSPS) is 16.1. The fraction of sp³-hybridized carbons (Fsp3) is 0.368. The second-order valence-corrected chi connectivity index (χ2v) is 7.22. The van der Waals surface area contributed by atoms with E-state index in [4.69, 9.17) is 4.74 Å². The number of benzene rings is 1. The summed E-state index contributed by atoms with van der Waals surface area (Å²) in [4.78, 5) is 5.72. The van der Waals surface area contributed by atoms with Crippen LogP contribution in [0.5, 0.6) is 0 Å². The lowest BCUT2D eigenvalue weighted by Crippen LogP contribution is -2.24. The highest BCUT2D eigenvalue weighted by atomic mass is 32.2. The molecule has 1 aromatic carbocycles. The van der Waals surface area contributed by atoms with Crippen molar-refractivity contribution in [2.45, 2.75) is 36.4 Å². The van der Waals surface area contributed by atoms with E-state index >= 15 is 0 Å². The first-order valence-corrected chi connectivity index (χ1v) is 9.75. The summed E-state index contributed by atoms with van der Waals surface area (Å²) in [5.41, 5.74) is 2.54. The van der Waals surface area contributed by atoms with Gasteiger partial charge in [0, 0.05) is 22.0 Å². The summed E-state index contributed by atoms with van der Waals surface area (Å²) in [6.45, 7) is 0.321. The maximum absolute atomic E-state index is 10.3. The summed E-state index contributed by atoms with van der Waals surface area (Å²) in [7, 11) is 0. The van der Waals surface area contributed by atoms with Gasteiger partial charge in [-0.3, -0.25) is 0 Å². The molecule has 130 valence electrons. The number of thioether (sulfide) groups is 1. The Bertz CT molecular complexity index is 876. The minimum absolute atomic E-state index is 0.317. The van der Waals surface area contributed by atoms with Crippen molar-refractivity contribution in [2.24, 2.45) is 0 Å². The fourth-order valence-corrected chi connectivity index (χ4v) is 3.37. The highest BCUT2D eigenvalue weighted by Gasteiger charge is 2.20. The third-order valence-corrected chi connectivity index (χ3v) is 5.38. The number of nitrogens with zero attached hydrogens (tertiary/aromatic N) is 3. The molecule has 1 saturated carbocycles. The average molecular weight is 355 g/mol. The molecule has 5 nitrogen and oxygen atoms in total. The molecule has 0 bridgehead atoms. The van der Waals surface area contributed by atoms with Crippen molar-refractivity contribution in [3.05, 3.63) is 48.3 Å². The number of hydrogen-bond acceptors (Lipinski definition) is 5. The molecule has 2 aromatic heterocycles. The summed E-state index contributed by atoms with van der Waals surface area (Å²) < 4.78 is 7.53. The van der Waals surface area contributed by atoms with Crippen LogP contribution in [0.4, 0.5) is 0 Å². The maximum atomic E-state index is 10.3. The zero-order chi connectivity index (χ0) is 17.2. The molecular formula is C19H21N3O2S. The van der Waals surface area contributed by atoms with Gasteiger partial charge in [-0.1, -0.05) is 6.07 Å². The number of fused-ring (bicyclic) bond motifs is 1. The van der Waals surface area contributed by atoms with Crippen molar-refractivity contribution in [3.8, 4) is 5.69 Å². The van der Waals surface area contributed by atoms with E-state index in [0.717, 1.165) is 35.1 Å². The van der Waals surface area contributed by atoms with Crippen molar-refractivity contribution in [2.75, 3.05) is 12.9 Å². The SMILES string of the molecule is CSc1cccc(-n2ncc3cc([C@H](O)COC4CCC4)cnc32)c1. The first-order valence-electron chi connectivity index (χ1n) is 8.52. The minimum Gasteiger partial charge on any atom is -0.386 e. The molecule has 0 amide bonds. The number of rotatable bonds is 6. The van der Waals surface area contributed by atoms with Gasteiger partial charge in [-0.25, -0.2) is 9.67 Å². The molecule has 1 N–H and O–H groups in total. The second kappa shape index (κ2) is 7.15. The molecule has 0 unspecified atom stereocenters. The van der Waals surface area contributed by atoms with Gasteiger partial charge in [0.15, 0.2) is 5.65 Å². The van der Waals surface area contributed by atoms with E-state index in [1.165, 1.54) is 11.3 Å². The highest BCUT2D eigenvalue weighted by Crippen LogP contribution is 2.26. The molecule has 2 heterocycles. The number of ether oxygens (including phenoxy) is 1. The Morgan fingerprint density at radius 1 is 1.32 bits per heavy atom. The predicted octanol–water partition coefficient (Wildman–Crippen LogP) is 3.74. The van der Waals surface area contributed by atoms with Crippen molar-refractivity contribution in [1.29, 1.82) is 0 Å². The number of hydrogen-bond donors (Lipinski definition) is 1. The molecule has 6 heteroatoms. The lowest BCUT2D eigenvalue weighted by molar-refractivity contribution is -0.0427. The second-order valence-electron chi connectivity index (χ2n) is 6.34. The van der Waals surface area contributed by atoms with Crippen LogP contribution in [0, 0.1) is 0 Å². The van der Waals surface area contributed by atoms with Gasteiger partial charge in [0.25, 0.3) is 0 Å². The number of aliphatic hydroxyl groups is 1. The molecule has 0 spiro atoms. The topological polar surface area (TPSA) is 60.2 Å². The number of aromatic nitrogens is 3. The lowest BCUT2D eigenvalue weighted by Gasteiger charge is -2.26. The Balaban J connectivity index is 1.57. The van der Waals surface area contributed by atoms with Crippen LogP contribution in [0.1, 0.15) is 30.9 Å². The Hall–Kier alpha value is -1.89. The summed E-state index contributed by atoms with van der Waals surface area (Å²) in [5, 5.41) is 15.7. The van der Waals surface area contributed by atoms with Crippen LogP contribution in [-0.4, -0.2) is 38.8 Å². The third-order valence-electron chi connectivity index (χ3n) is 4.65. The Morgan fingerprint density at radius 3 is 2.96 bits per heavy atom. The molecule has 3 aromatic rings. The Kier molecular flexibility index (Phi) is 4.74.